The molecule has 4 heteroatoms. The molecule has 13 heavy (non-hydrogen) atoms. The highest BCUT2D eigenvalue weighted by Crippen LogP contribution is 2.22. The molecule has 0 aromatic heterocycles. The zero-order chi connectivity index (χ0) is 9.84. The van der Waals surface area contributed by atoms with Crippen LogP contribution in [0.4, 0.5) is 4.39 Å². The van der Waals surface area contributed by atoms with Crippen LogP contribution in [0.25, 0.3) is 0 Å². The molecule has 0 saturated carbocycles. The Labute approximate surface area is 76.7 Å². The van der Waals surface area contributed by atoms with Crippen molar-refractivity contribution in [2.24, 2.45) is 5.73 Å². The summed E-state index contributed by atoms with van der Waals surface area (Å²) in [5.74, 6) is 0.268. The van der Waals surface area contributed by atoms with Gasteiger partial charge in [0.15, 0.2) is 0 Å². The third kappa shape index (κ3) is 2.17. The molecule has 0 aliphatic carbocycles. The quantitative estimate of drug-likeness (QED) is 0.689. The summed E-state index contributed by atoms with van der Waals surface area (Å²) < 4.78 is 17.9. The monoisotopic (exact) mass is 184 g/mol. The van der Waals surface area contributed by atoms with Crippen molar-refractivity contribution in [3.8, 4) is 5.75 Å². The van der Waals surface area contributed by atoms with Crippen LogP contribution in [-0.2, 0) is 0 Å². The number of benzene rings is 1. The van der Waals surface area contributed by atoms with Crippen molar-refractivity contribution in [3.05, 3.63) is 29.6 Å². The van der Waals surface area contributed by atoms with Gasteiger partial charge in [0.25, 0.3) is 0 Å². The Kier molecular flexibility index (Phi) is 3.22. The van der Waals surface area contributed by atoms with E-state index in [1.165, 1.54) is 19.2 Å². The van der Waals surface area contributed by atoms with Gasteiger partial charge in [-0.25, -0.2) is 4.39 Å². The maximum absolute atomic E-state index is 12.8. The van der Waals surface area contributed by atoms with Crippen molar-refractivity contribution < 1.29 is 9.13 Å². The summed E-state index contributed by atoms with van der Waals surface area (Å²) in [6.45, 7) is 0. The molecule has 3 nitrogen and oxygen atoms in total. The Balaban J connectivity index is 3.07. The first-order valence-electron chi connectivity index (χ1n) is 3.95. The van der Waals surface area contributed by atoms with E-state index in [2.05, 4.69) is 5.32 Å². The average molecular weight is 184 g/mol. The molecule has 0 saturated heterocycles. The summed E-state index contributed by atoms with van der Waals surface area (Å²) in [5.41, 5.74) is 6.30. The molecule has 1 aromatic carbocycles. The summed E-state index contributed by atoms with van der Waals surface area (Å²) >= 11 is 0. The highest BCUT2D eigenvalue weighted by atomic mass is 19.1. The predicted molar refractivity (Wildman–Crippen MR) is 48.9 cm³/mol. The first kappa shape index (κ1) is 9.95. The van der Waals surface area contributed by atoms with Gasteiger partial charge >= 0.3 is 0 Å². The number of nitrogens with one attached hydrogen (secondary N) is 1. The minimum Gasteiger partial charge on any atom is -0.496 e. The molecule has 0 aliphatic rings. The van der Waals surface area contributed by atoms with E-state index in [4.69, 9.17) is 10.5 Å². The van der Waals surface area contributed by atoms with Crippen LogP contribution in [0.3, 0.4) is 0 Å². The van der Waals surface area contributed by atoms with Gasteiger partial charge in [-0.05, 0) is 25.2 Å². The van der Waals surface area contributed by atoms with E-state index < -0.39 is 6.17 Å². The van der Waals surface area contributed by atoms with Gasteiger partial charge in [0.1, 0.15) is 11.6 Å². The zero-order valence-corrected chi connectivity index (χ0v) is 7.67. The van der Waals surface area contributed by atoms with Gasteiger partial charge in [-0.1, -0.05) is 0 Å². The SMILES string of the molecule is CNC(N)c1cc(F)ccc1OC. The fourth-order valence-corrected chi connectivity index (χ4v) is 1.10. The number of nitrogens with two attached hydrogens (primary N) is 1. The third-order valence-electron chi connectivity index (χ3n) is 1.84. The van der Waals surface area contributed by atoms with Gasteiger partial charge in [-0.15, -0.1) is 0 Å². The second kappa shape index (κ2) is 4.20. The molecule has 0 spiro atoms. The molecule has 72 valence electrons. The van der Waals surface area contributed by atoms with Crippen molar-refractivity contribution in [3.63, 3.8) is 0 Å². The van der Waals surface area contributed by atoms with Crippen molar-refractivity contribution in [2.45, 2.75) is 6.17 Å². The van der Waals surface area contributed by atoms with Crippen LogP contribution in [0.15, 0.2) is 18.2 Å². The van der Waals surface area contributed by atoms with Crippen LogP contribution in [0.2, 0.25) is 0 Å². The van der Waals surface area contributed by atoms with E-state index in [1.807, 2.05) is 0 Å². The normalized spacial score (nSPS) is 12.6. The van der Waals surface area contributed by atoms with Crippen molar-refractivity contribution >= 4 is 0 Å². The van der Waals surface area contributed by atoms with Gasteiger partial charge in [0, 0.05) is 5.56 Å². The topological polar surface area (TPSA) is 47.3 Å². The second-order valence-corrected chi connectivity index (χ2v) is 2.65. The number of halogens is 1. The molecule has 0 amide bonds. The lowest BCUT2D eigenvalue weighted by Crippen LogP contribution is -2.25. The molecule has 1 atom stereocenters. The molecule has 1 rings (SSSR count). The maximum Gasteiger partial charge on any atom is 0.125 e. The largest absolute Gasteiger partial charge is 0.496 e. The van der Waals surface area contributed by atoms with Crippen LogP contribution in [0.5, 0.6) is 5.75 Å². The van der Waals surface area contributed by atoms with Gasteiger partial charge in [-0.3, -0.25) is 0 Å². The van der Waals surface area contributed by atoms with E-state index in [1.54, 1.807) is 13.1 Å². The summed E-state index contributed by atoms with van der Waals surface area (Å²) in [5, 5.41) is 2.81. The molecule has 1 aromatic rings. The van der Waals surface area contributed by atoms with Gasteiger partial charge < -0.3 is 15.8 Å². The Bertz CT molecular complexity index is 291. The minimum absolute atomic E-state index is 0.318. The number of hydrogen-bond donors (Lipinski definition) is 2. The second-order valence-electron chi connectivity index (χ2n) is 2.65. The van der Waals surface area contributed by atoms with E-state index in [-0.39, 0.29) is 5.82 Å². The summed E-state index contributed by atoms with van der Waals surface area (Å²) in [6.07, 6.45) is -0.411. The lowest BCUT2D eigenvalue weighted by atomic mass is 10.1. The molecular formula is C9H13FN2O. The Morgan fingerprint density at radius 3 is 2.77 bits per heavy atom. The number of ether oxygens (including phenoxy) is 1. The fourth-order valence-electron chi connectivity index (χ4n) is 1.10. The highest BCUT2D eigenvalue weighted by Gasteiger charge is 2.10. The molecule has 0 aliphatic heterocycles. The zero-order valence-electron chi connectivity index (χ0n) is 7.67. The number of hydrogen-bond acceptors (Lipinski definition) is 3. The molecule has 1 unspecified atom stereocenters. The number of methoxy groups -OCH3 is 1. The third-order valence-corrected chi connectivity index (χ3v) is 1.84. The standard InChI is InChI=1S/C9H13FN2O/c1-12-9(11)7-5-6(10)3-4-8(7)13-2/h3-5,9,12H,11H2,1-2H3. The van der Waals surface area contributed by atoms with Crippen LogP contribution in [0, 0.1) is 5.82 Å². The molecule has 0 bridgehead atoms. The van der Waals surface area contributed by atoms with Crippen LogP contribution < -0.4 is 15.8 Å². The lowest BCUT2D eigenvalue weighted by molar-refractivity contribution is 0.401. The van der Waals surface area contributed by atoms with Crippen LogP contribution in [-0.4, -0.2) is 14.2 Å². The smallest absolute Gasteiger partial charge is 0.125 e. The van der Waals surface area contributed by atoms with Gasteiger partial charge in [0.2, 0.25) is 0 Å². The van der Waals surface area contributed by atoms with Crippen LogP contribution in [0.1, 0.15) is 11.7 Å². The average Bonchev–Trinajstić information content (AvgIpc) is 2.16. The number of rotatable bonds is 3. The Morgan fingerprint density at radius 1 is 1.54 bits per heavy atom. The minimum atomic E-state index is -0.411. The van der Waals surface area contributed by atoms with Gasteiger partial charge in [0.05, 0.1) is 13.3 Å². The highest BCUT2D eigenvalue weighted by molar-refractivity contribution is 5.35. The Morgan fingerprint density at radius 2 is 2.23 bits per heavy atom. The molecular weight excluding hydrogens is 171 g/mol. The summed E-state index contributed by atoms with van der Waals surface area (Å²) in [6, 6.07) is 4.26. The first-order valence-corrected chi connectivity index (χ1v) is 3.95. The molecule has 0 heterocycles. The van der Waals surface area contributed by atoms with Gasteiger partial charge in [-0.2, -0.15) is 0 Å². The molecule has 3 N–H and O–H groups in total. The predicted octanol–water partition coefficient (Wildman–Crippen LogP) is 1.01. The summed E-state index contributed by atoms with van der Waals surface area (Å²) in [4.78, 5) is 0. The Hall–Kier alpha value is -1.13. The van der Waals surface area contributed by atoms with Crippen molar-refractivity contribution in [1.82, 2.24) is 5.32 Å². The van der Waals surface area contributed by atoms with E-state index in [9.17, 15) is 4.39 Å². The van der Waals surface area contributed by atoms with E-state index in [0.29, 0.717) is 11.3 Å². The first-order chi connectivity index (χ1) is 6.19. The maximum atomic E-state index is 12.8. The van der Waals surface area contributed by atoms with E-state index in [0.717, 1.165) is 0 Å². The molecule has 0 radical (unpaired) electrons. The lowest BCUT2D eigenvalue weighted by Gasteiger charge is -2.14. The van der Waals surface area contributed by atoms with Crippen molar-refractivity contribution in [2.75, 3.05) is 14.2 Å². The fraction of sp³-hybridized carbons (Fsp3) is 0.333. The molecule has 0 fully saturated rings. The summed E-state index contributed by atoms with van der Waals surface area (Å²) in [7, 11) is 3.23. The van der Waals surface area contributed by atoms with Crippen LogP contribution >= 0.6 is 0 Å². The van der Waals surface area contributed by atoms with E-state index >= 15 is 0 Å². The van der Waals surface area contributed by atoms with Crippen molar-refractivity contribution in [1.29, 1.82) is 0 Å².